The highest BCUT2D eigenvalue weighted by Crippen LogP contribution is 1.96. The van der Waals surface area contributed by atoms with Crippen molar-refractivity contribution in [2.24, 2.45) is 0 Å². The molecule has 1 rings (SSSR count). The summed E-state index contributed by atoms with van der Waals surface area (Å²) in [6.07, 6.45) is 8.88. The van der Waals surface area contributed by atoms with Crippen LogP contribution in [0.5, 0.6) is 0 Å². The van der Waals surface area contributed by atoms with Gasteiger partial charge < -0.3 is 5.32 Å². The molecule has 0 aliphatic carbocycles. The van der Waals surface area contributed by atoms with Crippen molar-refractivity contribution in [2.75, 3.05) is 13.1 Å². The van der Waals surface area contributed by atoms with Crippen molar-refractivity contribution in [2.45, 2.75) is 39.2 Å². The molecule has 0 atom stereocenters. The fourth-order valence-electron chi connectivity index (χ4n) is 1.35. The number of nitrogens with one attached hydrogen (secondary N) is 1. The third-order valence-electron chi connectivity index (χ3n) is 2.20. The molecule has 0 unspecified atom stereocenters. The maximum atomic E-state index is 3.89. The summed E-state index contributed by atoms with van der Waals surface area (Å²) in [6.45, 7) is 5.25. The summed E-state index contributed by atoms with van der Waals surface area (Å²) in [5.41, 5.74) is 0. The maximum Gasteiger partial charge on any atom is 0.0692 e. The summed E-state index contributed by atoms with van der Waals surface area (Å²) in [5.74, 6) is 0. The van der Waals surface area contributed by atoms with E-state index in [1.807, 2.05) is 10.9 Å². The Labute approximate surface area is 85.7 Å². The number of hydrogen-bond acceptors (Lipinski definition) is 3. The molecule has 0 saturated heterocycles. The topological polar surface area (TPSA) is 42.7 Å². The van der Waals surface area contributed by atoms with Crippen molar-refractivity contribution >= 4 is 0 Å². The van der Waals surface area contributed by atoms with Crippen LogP contribution in [0, 0.1) is 0 Å². The van der Waals surface area contributed by atoms with Gasteiger partial charge in [-0.25, -0.2) is 0 Å². The molecule has 0 amide bonds. The van der Waals surface area contributed by atoms with E-state index in [-0.39, 0.29) is 0 Å². The molecule has 1 aromatic rings. The molecule has 0 saturated carbocycles. The van der Waals surface area contributed by atoms with E-state index in [2.05, 4.69) is 22.6 Å². The van der Waals surface area contributed by atoms with Crippen LogP contribution in [-0.4, -0.2) is 28.1 Å². The van der Waals surface area contributed by atoms with Crippen molar-refractivity contribution in [1.29, 1.82) is 0 Å². The molecule has 80 valence electrons. The normalized spacial score (nSPS) is 10.6. The predicted molar refractivity (Wildman–Crippen MR) is 57.0 cm³/mol. The molecule has 0 radical (unpaired) electrons. The van der Waals surface area contributed by atoms with Gasteiger partial charge in [-0.2, -0.15) is 0 Å². The van der Waals surface area contributed by atoms with Gasteiger partial charge in [0.25, 0.3) is 0 Å². The Morgan fingerprint density at radius 1 is 1.21 bits per heavy atom. The fourth-order valence-corrected chi connectivity index (χ4v) is 1.35. The quantitative estimate of drug-likeness (QED) is 0.640. The first kappa shape index (κ1) is 11.2. The zero-order valence-corrected chi connectivity index (χ0v) is 8.95. The summed E-state index contributed by atoms with van der Waals surface area (Å²) < 4.78 is 1.85. The van der Waals surface area contributed by atoms with Crippen molar-refractivity contribution in [3.8, 4) is 0 Å². The summed E-state index contributed by atoms with van der Waals surface area (Å²) in [6, 6.07) is 0. The van der Waals surface area contributed by atoms with E-state index >= 15 is 0 Å². The van der Waals surface area contributed by atoms with Gasteiger partial charge in [0.2, 0.25) is 0 Å². The molecule has 0 fully saturated rings. The van der Waals surface area contributed by atoms with Gasteiger partial charge in [-0.15, -0.1) is 5.10 Å². The van der Waals surface area contributed by atoms with Crippen LogP contribution in [0.3, 0.4) is 0 Å². The molecular formula is C10H20N4. The van der Waals surface area contributed by atoms with E-state index in [4.69, 9.17) is 0 Å². The first-order valence-electron chi connectivity index (χ1n) is 5.48. The minimum atomic E-state index is 0.910. The Balaban J connectivity index is 1.85. The van der Waals surface area contributed by atoms with Crippen molar-refractivity contribution in [3.05, 3.63) is 12.4 Å². The Hall–Kier alpha value is -0.900. The van der Waals surface area contributed by atoms with Crippen LogP contribution in [0.4, 0.5) is 0 Å². The standard InChI is InChI=1S/C10H20N4/c1-2-3-4-5-6-11-7-9-14-10-8-12-13-14/h8,10-11H,2-7,9H2,1H3. The summed E-state index contributed by atoms with van der Waals surface area (Å²) in [7, 11) is 0. The molecule has 0 aliphatic heterocycles. The molecule has 4 heteroatoms. The third kappa shape index (κ3) is 4.97. The molecule has 1 heterocycles. The van der Waals surface area contributed by atoms with Gasteiger partial charge in [-0.05, 0) is 13.0 Å². The Bertz CT molecular complexity index is 208. The Kier molecular flexibility index (Phi) is 5.99. The highest BCUT2D eigenvalue weighted by Gasteiger charge is 1.91. The molecule has 1 N–H and O–H groups in total. The van der Waals surface area contributed by atoms with Gasteiger partial charge in [-0.3, -0.25) is 4.68 Å². The number of unbranched alkanes of at least 4 members (excludes halogenated alkanes) is 3. The second-order valence-electron chi connectivity index (χ2n) is 3.48. The maximum absolute atomic E-state index is 3.89. The second-order valence-corrected chi connectivity index (χ2v) is 3.48. The monoisotopic (exact) mass is 196 g/mol. The molecule has 0 bridgehead atoms. The van der Waals surface area contributed by atoms with Gasteiger partial charge in [0.15, 0.2) is 0 Å². The number of aromatic nitrogens is 3. The molecule has 0 aliphatic rings. The fraction of sp³-hybridized carbons (Fsp3) is 0.800. The molecule has 4 nitrogen and oxygen atoms in total. The van der Waals surface area contributed by atoms with Crippen LogP contribution < -0.4 is 5.32 Å². The van der Waals surface area contributed by atoms with Gasteiger partial charge >= 0.3 is 0 Å². The molecule has 0 spiro atoms. The van der Waals surface area contributed by atoms with Gasteiger partial charge in [0, 0.05) is 12.7 Å². The second kappa shape index (κ2) is 7.50. The lowest BCUT2D eigenvalue weighted by molar-refractivity contribution is 0.525. The number of hydrogen-bond donors (Lipinski definition) is 1. The van der Waals surface area contributed by atoms with E-state index in [0.29, 0.717) is 0 Å². The van der Waals surface area contributed by atoms with Crippen molar-refractivity contribution < 1.29 is 0 Å². The van der Waals surface area contributed by atoms with Gasteiger partial charge in [0.1, 0.15) is 0 Å². The van der Waals surface area contributed by atoms with E-state index in [1.54, 1.807) is 6.20 Å². The molecule has 0 aromatic carbocycles. The van der Waals surface area contributed by atoms with Gasteiger partial charge in [-0.1, -0.05) is 31.4 Å². The molecule has 14 heavy (non-hydrogen) atoms. The first-order valence-corrected chi connectivity index (χ1v) is 5.48. The lowest BCUT2D eigenvalue weighted by Gasteiger charge is -2.03. The van der Waals surface area contributed by atoms with Crippen molar-refractivity contribution in [1.82, 2.24) is 20.3 Å². The lowest BCUT2D eigenvalue weighted by Crippen LogP contribution is -2.21. The van der Waals surface area contributed by atoms with Crippen LogP contribution in [0.25, 0.3) is 0 Å². The number of nitrogens with zero attached hydrogens (tertiary/aromatic N) is 3. The minimum absolute atomic E-state index is 0.910. The summed E-state index contributed by atoms with van der Waals surface area (Å²) >= 11 is 0. The minimum Gasteiger partial charge on any atom is -0.315 e. The first-order chi connectivity index (χ1) is 6.93. The highest BCUT2D eigenvalue weighted by atomic mass is 15.4. The van der Waals surface area contributed by atoms with Crippen molar-refractivity contribution in [3.63, 3.8) is 0 Å². The van der Waals surface area contributed by atoms with E-state index in [1.165, 1.54) is 25.7 Å². The van der Waals surface area contributed by atoms with Crippen LogP contribution in [0.15, 0.2) is 12.4 Å². The Morgan fingerprint density at radius 2 is 2.14 bits per heavy atom. The smallest absolute Gasteiger partial charge is 0.0692 e. The molecular weight excluding hydrogens is 176 g/mol. The molecule has 1 aromatic heterocycles. The highest BCUT2D eigenvalue weighted by molar-refractivity contribution is 4.64. The van der Waals surface area contributed by atoms with Gasteiger partial charge in [0.05, 0.1) is 12.7 Å². The largest absolute Gasteiger partial charge is 0.315 e. The van der Waals surface area contributed by atoms with Crippen LogP contribution in [0.1, 0.15) is 32.6 Å². The summed E-state index contributed by atoms with van der Waals surface area (Å²) in [4.78, 5) is 0. The van der Waals surface area contributed by atoms with E-state index < -0.39 is 0 Å². The average Bonchev–Trinajstić information content (AvgIpc) is 2.69. The predicted octanol–water partition coefficient (Wildman–Crippen LogP) is 1.45. The third-order valence-corrected chi connectivity index (χ3v) is 2.20. The lowest BCUT2D eigenvalue weighted by atomic mass is 10.2. The van der Waals surface area contributed by atoms with Crippen LogP contribution >= 0.6 is 0 Å². The van der Waals surface area contributed by atoms with Crippen LogP contribution in [-0.2, 0) is 6.54 Å². The van der Waals surface area contributed by atoms with Crippen LogP contribution in [0.2, 0.25) is 0 Å². The zero-order valence-electron chi connectivity index (χ0n) is 8.95. The average molecular weight is 196 g/mol. The van der Waals surface area contributed by atoms with E-state index in [9.17, 15) is 0 Å². The summed E-state index contributed by atoms with van der Waals surface area (Å²) in [5, 5.41) is 11.0. The zero-order chi connectivity index (χ0) is 10.1. The van der Waals surface area contributed by atoms with E-state index in [0.717, 1.165) is 19.6 Å². The number of rotatable bonds is 8. The Morgan fingerprint density at radius 3 is 2.86 bits per heavy atom. The SMILES string of the molecule is CCCCCCNCCn1ccnn1.